The summed E-state index contributed by atoms with van der Waals surface area (Å²) in [5.41, 5.74) is 1.38. The van der Waals surface area contributed by atoms with Crippen molar-refractivity contribution < 1.29 is 14.7 Å². The highest BCUT2D eigenvalue weighted by Crippen LogP contribution is 2.20. The molecular weight excluding hydrogens is 266 g/mol. The molecule has 0 fully saturated rings. The van der Waals surface area contributed by atoms with E-state index in [-0.39, 0.29) is 12.5 Å². The van der Waals surface area contributed by atoms with Crippen LogP contribution in [0.2, 0.25) is 5.02 Å². The monoisotopic (exact) mass is 283 g/mol. The number of halogens is 1. The van der Waals surface area contributed by atoms with Gasteiger partial charge in [0.15, 0.2) is 0 Å². The van der Waals surface area contributed by atoms with Crippen molar-refractivity contribution >= 4 is 23.5 Å². The van der Waals surface area contributed by atoms with Crippen LogP contribution in [0, 0.1) is 12.8 Å². The van der Waals surface area contributed by atoms with Gasteiger partial charge in [0.2, 0.25) is 0 Å². The number of hydrogen-bond acceptors (Lipinski definition) is 2. The van der Waals surface area contributed by atoms with Crippen molar-refractivity contribution in [2.75, 3.05) is 13.1 Å². The van der Waals surface area contributed by atoms with Crippen LogP contribution in [-0.4, -0.2) is 35.0 Å². The third-order valence-electron chi connectivity index (χ3n) is 2.94. The molecule has 0 bridgehead atoms. The minimum absolute atomic E-state index is 0.175. The van der Waals surface area contributed by atoms with E-state index in [1.807, 2.05) is 19.9 Å². The third-order valence-corrected chi connectivity index (χ3v) is 3.25. The smallest absolute Gasteiger partial charge is 0.308 e. The van der Waals surface area contributed by atoms with E-state index < -0.39 is 11.9 Å². The normalized spacial score (nSPS) is 12.0. The van der Waals surface area contributed by atoms with Crippen molar-refractivity contribution in [1.82, 2.24) is 4.90 Å². The van der Waals surface area contributed by atoms with E-state index in [2.05, 4.69) is 0 Å². The summed E-state index contributed by atoms with van der Waals surface area (Å²) in [7, 11) is 0. The predicted molar refractivity (Wildman–Crippen MR) is 74.6 cm³/mol. The second kappa shape index (κ2) is 6.57. The van der Waals surface area contributed by atoms with Gasteiger partial charge >= 0.3 is 5.97 Å². The summed E-state index contributed by atoms with van der Waals surface area (Å²) < 4.78 is 0. The van der Waals surface area contributed by atoms with E-state index >= 15 is 0 Å². The van der Waals surface area contributed by atoms with E-state index in [4.69, 9.17) is 16.7 Å². The van der Waals surface area contributed by atoms with E-state index in [9.17, 15) is 9.59 Å². The molecule has 0 radical (unpaired) electrons. The highest BCUT2D eigenvalue weighted by molar-refractivity contribution is 6.33. The van der Waals surface area contributed by atoms with E-state index in [0.29, 0.717) is 17.1 Å². The molecule has 0 spiro atoms. The lowest BCUT2D eigenvalue weighted by atomic mass is 10.1. The molecule has 1 rings (SSSR count). The zero-order chi connectivity index (χ0) is 14.6. The Bertz CT molecular complexity index is 488. The van der Waals surface area contributed by atoms with Crippen LogP contribution >= 0.6 is 11.6 Å². The van der Waals surface area contributed by atoms with Gasteiger partial charge in [-0.3, -0.25) is 9.59 Å². The number of nitrogens with zero attached hydrogens (tertiary/aromatic N) is 1. The summed E-state index contributed by atoms with van der Waals surface area (Å²) >= 11 is 6.06. The van der Waals surface area contributed by atoms with Crippen molar-refractivity contribution in [3.05, 3.63) is 34.3 Å². The molecule has 1 unspecified atom stereocenters. The molecule has 0 aliphatic heterocycles. The van der Waals surface area contributed by atoms with Crippen molar-refractivity contribution in [3.63, 3.8) is 0 Å². The molecule has 0 saturated heterocycles. The number of aryl methyl sites for hydroxylation is 1. The van der Waals surface area contributed by atoms with Crippen molar-refractivity contribution in [2.45, 2.75) is 20.8 Å². The van der Waals surface area contributed by atoms with Crippen LogP contribution in [0.1, 0.15) is 29.8 Å². The van der Waals surface area contributed by atoms with Crippen LogP contribution in [-0.2, 0) is 4.79 Å². The molecule has 19 heavy (non-hydrogen) atoms. The number of carbonyl (C=O) groups is 2. The van der Waals surface area contributed by atoms with Crippen molar-refractivity contribution in [2.24, 2.45) is 5.92 Å². The van der Waals surface area contributed by atoms with Gasteiger partial charge in [0.25, 0.3) is 5.91 Å². The number of rotatable bonds is 5. The molecule has 1 aromatic carbocycles. The Kier molecular flexibility index (Phi) is 5.36. The molecule has 1 N–H and O–H groups in total. The maximum absolute atomic E-state index is 12.3. The first-order valence-corrected chi connectivity index (χ1v) is 6.52. The second-order valence-corrected chi connectivity index (χ2v) is 4.97. The van der Waals surface area contributed by atoms with Crippen LogP contribution in [0.3, 0.4) is 0 Å². The Balaban J connectivity index is 2.92. The van der Waals surface area contributed by atoms with Crippen LogP contribution in [0.15, 0.2) is 18.2 Å². The Morgan fingerprint density at radius 2 is 2.05 bits per heavy atom. The SMILES string of the molecule is CCN(CC(C)C(=O)O)C(=O)c1ccc(C)cc1Cl. The maximum atomic E-state index is 12.3. The highest BCUT2D eigenvalue weighted by Gasteiger charge is 2.21. The fraction of sp³-hybridized carbons (Fsp3) is 0.429. The number of aliphatic carboxylic acids is 1. The van der Waals surface area contributed by atoms with Gasteiger partial charge < -0.3 is 10.0 Å². The molecule has 1 atom stereocenters. The molecular formula is C14H18ClNO3. The predicted octanol–water partition coefficient (Wildman–Crippen LogP) is 2.83. The average molecular weight is 284 g/mol. The number of carboxylic acid groups (broad SMARTS) is 1. The summed E-state index contributed by atoms with van der Waals surface area (Å²) in [6, 6.07) is 5.21. The molecule has 1 amide bonds. The lowest BCUT2D eigenvalue weighted by Gasteiger charge is -2.23. The fourth-order valence-electron chi connectivity index (χ4n) is 1.73. The van der Waals surface area contributed by atoms with Crippen LogP contribution < -0.4 is 0 Å². The lowest BCUT2D eigenvalue weighted by Crippen LogP contribution is -2.36. The first-order valence-electron chi connectivity index (χ1n) is 6.15. The summed E-state index contributed by atoms with van der Waals surface area (Å²) in [5.74, 6) is -1.75. The molecule has 0 heterocycles. The van der Waals surface area contributed by atoms with E-state index in [1.165, 1.54) is 4.90 Å². The van der Waals surface area contributed by atoms with Crippen molar-refractivity contribution in [3.8, 4) is 0 Å². The molecule has 0 saturated carbocycles. The minimum atomic E-state index is -0.916. The molecule has 0 aliphatic rings. The van der Waals surface area contributed by atoms with Crippen LogP contribution in [0.5, 0.6) is 0 Å². The first-order chi connectivity index (χ1) is 8.86. The van der Waals surface area contributed by atoms with Gasteiger partial charge in [0.1, 0.15) is 0 Å². The highest BCUT2D eigenvalue weighted by atomic mass is 35.5. The summed E-state index contributed by atoms with van der Waals surface area (Å²) in [6.07, 6.45) is 0. The molecule has 104 valence electrons. The standard InChI is InChI=1S/C14H18ClNO3/c1-4-16(8-10(3)14(18)19)13(17)11-6-5-9(2)7-12(11)15/h5-7,10H,4,8H2,1-3H3,(H,18,19). The Morgan fingerprint density at radius 3 is 2.53 bits per heavy atom. The van der Waals surface area contributed by atoms with Crippen molar-refractivity contribution in [1.29, 1.82) is 0 Å². The number of carbonyl (C=O) groups excluding carboxylic acids is 1. The Morgan fingerprint density at radius 1 is 1.42 bits per heavy atom. The van der Waals surface area contributed by atoms with E-state index in [1.54, 1.807) is 19.1 Å². The van der Waals surface area contributed by atoms with Gasteiger partial charge in [-0.15, -0.1) is 0 Å². The first kappa shape index (κ1) is 15.5. The van der Waals surface area contributed by atoms with E-state index in [0.717, 1.165) is 5.56 Å². The number of hydrogen-bond donors (Lipinski definition) is 1. The van der Waals surface area contributed by atoms with Crippen LogP contribution in [0.4, 0.5) is 0 Å². The Hall–Kier alpha value is -1.55. The number of benzene rings is 1. The molecule has 0 aliphatic carbocycles. The molecule has 4 nitrogen and oxygen atoms in total. The third kappa shape index (κ3) is 3.96. The summed E-state index contributed by atoms with van der Waals surface area (Å²) in [4.78, 5) is 24.7. The van der Waals surface area contributed by atoms with Gasteiger partial charge in [-0.1, -0.05) is 24.6 Å². The average Bonchev–Trinajstić information content (AvgIpc) is 2.34. The van der Waals surface area contributed by atoms with Gasteiger partial charge in [-0.05, 0) is 31.5 Å². The minimum Gasteiger partial charge on any atom is -0.481 e. The maximum Gasteiger partial charge on any atom is 0.308 e. The lowest BCUT2D eigenvalue weighted by molar-refractivity contribution is -0.141. The zero-order valence-electron chi connectivity index (χ0n) is 11.3. The van der Waals surface area contributed by atoms with Gasteiger partial charge in [0, 0.05) is 13.1 Å². The Labute approximate surface area is 118 Å². The fourth-order valence-corrected chi connectivity index (χ4v) is 2.04. The van der Waals surface area contributed by atoms with Crippen LogP contribution in [0.25, 0.3) is 0 Å². The largest absolute Gasteiger partial charge is 0.481 e. The summed E-state index contributed by atoms with van der Waals surface area (Å²) in [5, 5.41) is 9.30. The molecule has 0 aromatic heterocycles. The zero-order valence-corrected chi connectivity index (χ0v) is 12.1. The number of amides is 1. The van der Waals surface area contributed by atoms with Gasteiger partial charge in [-0.25, -0.2) is 0 Å². The summed E-state index contributed by atoms with van der Waals surface area (Å²) in [6.45, 7) is 5.91. The number of carboxylic acids is 1. The molecule has 5 heteroatoms. The quantitative estimate of drug-likeness (QED) is 0.904. The van der Waals surface area contributed by atoms with Gasteiger partial charge in [0.05, 0.1) is 16.5 Å². The second-order valence-electron chi connectivity index (χ2n) is 4.57. The topological polar surface area (TPSA) is 57.6 Å². The molecule has 1 aromatic rings. The van der Waals surface area contributed by atoms with Gasteiger partial charge in [-0.2, -0.15) is 0 Å².